The standard InChI is InChI=1S/C10H10FN3OS/c11-6-4-7(12-5-6)10-13-9(14-15-10)8-2-1-3-16-8/h1-3,6-7,12H,4-5H2. The van der Waals surface area contributed by atoms with Crippen LogP contribution in [-0.4, -0.2) is 22.9 Å². The highest BCUT2D eigenvalue weighted by Crippen LogP contribution is 2.27. The molecule has 0 aliphatic carbocycles. The van der Waals surface area contributed by atoms with Crippen molar-refractivity contribution in [2.45, 2.75) is 18.6 Å². The zero-order chi connectivity index (χ0) is 11.0. The lowest BCUT2D eigenvalue weighted by molar-refractivity contribution is 0.324. The first-order chi connectivity index (χ1) is 7.83. The highest BCUT2D eigenvalue weighted by molar-refractivity contribution is 7.13. The summed E-state index contributed by atoms with van der Waals surface area (Å²) in [5.74, 6) is 1.05. The number of alkyl halides is 1. The Morgan fingerprint density at radius 2 is 2.50 bits per heavy atom. The highest BCUT2D eigenvalue weighted by atomic mass is 32.1. The molecule has 1 fully saturated rings. The van der Waals surface area contributed by atoms with E-state index in [0.717, 1.165) is 4.88 Å². The maximum Gasteiger partial charge on any atom is 0.244 e. The number of nitrogens with one attached hydrogen (secondary N) is 1. The van der Waals surface area contributed by atoms with Gasteiger partial charge < -0.3 is 9.84 Å². The van der Waals surface area contributed by atoms with Crippen LogP contribution in [0.5, 0.6) is 0 Å². The van der Waals surface area contributed by atoms with Crippen molar-refractivity contribution >= 4 is 11.3 Å². The number of halogens is 1. The number of aromatic nitrogens is 2. The van der Waals surface area contributed by atoms with Crippen molar-refractivity contribution in [3.63, 3.8) is 0 Å². The molecule has 2 unspecified atom stereocenters. The van der Waals surface area contributed by atoms with E-state index in [0.29, 0.717) is 24.7 Å². The van der Waals surface area contributed by atoms with Gasteiger partial charge in [-0.25, -0.2) is 4.39 Å². The van der Waals surface area contributed by atoms with Crippen molar-refractivity contribution < 1.29 is 8.91 Å². The molecule has 3 heterocycles. The minimum Gasteiger partial charge on any atom is -0.337 e. The average molecular weight is 239 g/mol. The van der Waals surface area contributed by atoms with Crippen molar-refractivity contribution in [1.29, 1.82) is 0 Å². The van der Waals surface area contributed by atoms with E-state index in [-0.39, 0.29) is 6.04 Å². The third kappa shape index (κ3) is 1.74. The molecule has 0 aromatic carbocycles. The van der Waals surface area contributed by atoms with Crippen molar-refractivity contribution in [3.05, 3.63) is 23.4 Å². The third-order valence-corrected chi connectivity index (χ3v) is 3.42. The Bertz CT molecular complexity index is 470. The zero-order valence-corrected chi connectivity index (χ0v) is 9.21. The van der Waals surface area contributed by atoms with Crippen LogP contribution in [0.25, 0.3) is 10.7 Å². The van der Waals surface area contributed by atoms with Gasteiger partial charge in [0.2, 0.25) is 11.7 Å². The van der Waals surface area contributed by atoms with Crippen molar-refractivity contribution in [3.8, 4) is 10.7 Å². The van der Waals surface area contributed by atoms with Gasteiger partial charge >= 0.3 is 0 Å². The molecule has 1 aliphatic heterocycles. The van der Waals surface area contributed by atoms with E-state index in [4.69, 9.17) is 4.52 Å². The second-order valence-electron chi connectivity index (χ2n) is 3.73. The Morgan fingerprint density at radius 1 is 1.56 bits per heavy atom. The molecule has 1 N–H and O–H groups in total. The summed E-state index contributed by atoms with van der Waals surface area (Å²) >= 11 is 1.55. The van der Waals surface area contributed by atoms with Gasteiger partial charge in [0.05, 0.1) is 10.9 Å². The minimum atomic E-state index is -0.818. The lowest BCUT2D eigenvalue weighted by Gasteiger charge is -2.00. The Balaban J connectivity index is 1.83. The smallest absolute Gasteiger partial charge is 0.244 e. The molecule has 2 atom stereocenters. The van der Waals surface area contributed by atoms with Crippen LogP contribution in [0.1, 0.15) is 18.4 Å². The maximum atomic E-state index is 13.0. The first kappa shape index (κ1) is 9.92. The zero-order valence-electron chi connectivity index (χ0n) is 8.39. The van der Waals surface area contributed by atoms with Gasteiger partial charge in [-0.15, -0.1) is 11.3 Å². The molecule has 0 radical (unpaired) electrons. The fourth-order valence-corrected chi connectivity index (χ4v) is 2.41. The molecule has 1 saturated heterocycles. The van der Waals surface area contributed by atoms with Crippen LogP contribution in [-0.2, 0) is 0 Å². The molecule has 16 heavy (non-hydrogen) atoms. The summed E-state index contributed by atoms with van der Waals surface area (Å²) in [7, 11) is 0. The Morgan fingerprint density at radius 3 is 3.19 bits per heavy atom. The first-order valence-corrected chi connectivity index (χ1v) is 5.96. The van der Waals surface area contributed by atoms with Crippen molar-refractivity contribution in [1.82, 2.24) is 15.5 Å². The minimum absolute atomic E-state index is 0.142. The van der Waals surface area contributed by atoms with Crippen LogP contribution in [0, 0.1) is 0 Å². The molecule has 2 aromatic rings. The average Bonchev–Trinajstić information content (AvgIpc) is 2.97. The van der Waals surface area contributed by atoms with E-state index in [1.807, 2.05) is 17.5 Å². The number of thiophene rings is 1. The molecule has 4 nitrogen and oxygen atoms in total. The van der Waals surface area contributed by atoms with Gasteiger partial charge in [-0.05, 0) is 11.4 Å². The lowest BCUT2D eigenvalue weighted by atomic mass is 10.2. The summed E-state index contributed by atoms with van der Waals surface area (Å²) in [5, 5.41) is 8.86. The summed E-state index contributed by atoms with van der Waals surface area (Å²) in [6, 6.07) is 3.72. The summed E-state index contributed by atoms with van der Waals surface area (Å²) in [6.45, 7) is 0.362. The number of hydrogen-bond acceptors (Lipinski definition) is 5. The van der Waals surface area contributed by atoms with Crippen LogP contribution in [0.3, 0.4) is 0 Å². The van der Waals surface area contributed by atoms with E-state index >= 15 is 0 Å². The molecule has 84 valence electrons. The number of nitrogens with zero attached hydrogens (tertiary/aromatic N) is 2. The molecule has 6 heteroatoms. The highest BCUT2D eigenvalue weighted by Gasteiger charge is 2.29. The molecule has 3 rings (SSSR count). The third-order valence-electron chi connectivity index (χ3n) is 2.56. The summed E-state index contributed by atoms with van der Waals surface area (Å²) in [6.07, 6.45) is -0.409. The molecule has 0 bridgehead atoms. The summed E-state index contributed by atoms with van der Waals surface area (Å²) in [5.41, 5.74) is 0. The van der Waals surface area contributed by atoms with Gasteiger partial charge in [-0.3, -0.25) is 0 Å². The van der Waals surface area contributed by atoms with E-state index in [1.54, 1.807) is 11.3 Å². The molecule has 0 saturated carbocycles. The van der Waals surface area contributed by atoms with E-state index in [9.17, 15) is 4.39 Å². The molecule has 0 spiro atoms. The van der Waals surface area contributed by atoms with Crippen LogP contribution in [0.4, 0.5) is 4.39 Å². The van der Waals surface area contributed by atoms with Gasteiger partial charge in [0, 0.05) is 13.0 Å². The van der Waals surface area contributed by atoms with Crippen molar-refractivity contribution in [2.24, 2.45) is 0 Å². The normalized spacial score (nSPS) is 25.1. The van der Waals surface area contributed by atoms with Crippen LogP contribution in [0.2, 0.25) is 0 Å². The summed E-state index contributed by atoms with van der Waals surface area (Å²) in [4.78, 5) is 5.24. The van der Waals surface area contributed by atoms with Gasteiger partial charge in [-0.1, -0.05) is 11.2 Å². The largest absolute Gasteiger partial charge is 0.337 e. The van der Waals surface area contributed by atoms with Gasteiger partial charge in [0.15, 0.2) is 0 Å². The fourth-order valence-electron chi connectivity index (χ4n) is 1.76. The second-order valence-corrected chi connectivity index (χ2v) is 4.68. The number of hydrogen-bond donors (Lipinski definition) is 1. The van der Waals surface area contributed by atoms with E-state index in [2.05, 4.69) is 15.5 Å². The molecular formula is C10H10FN3OS. The maximum absolute atomic E-state index is 13.0. The van der Waals surface area contributed by atoms with Crippen LogP contribution in [0.15, 0.2) is 22.0 Å². The quantitative estimate of drug-likeness (QED) is 0.872. The van der Waals surface area contributed by atoms with Gasteiger partial charge in [-0.2, -0.15) is 4.98 Å². The first-order valence-electron chi connectivity index (χ1n) is 5.08. The summed E-state index contributed by atoms with van der Waals surface area (Å²) < 4.78 is 18.1. The topological polar surface area (TPSA) is 51.0 Å². The lowest BCUT2D eigenvalue weighted by Crippen LogP contribution is -2.14. The van der Waals surface area contributed by atoms with Gasteiger partial charge in [0.1, 0.15) is 6.17 Å². The van der Waals surface area contributed by atoms with Crippen LogP contribution >= 0.6 is 11.3 Å². The monoisotopic (exact) mass is 239 g/mol. The number of rotatable bonds is 2. The molecule has 1 aliphatic rings. The molecule has 2 aromatic heterocycles. The Hall–Kier alpha value is -1.27. The van der Waals surface area contributed by atoms with Gasteiger partial charge in [0.25, 0.3) is 0 Å². The predicted octanol–water partition coefficient (Wildman–Crippen LogP) is 2.17. The predicted molar refractivity (Wildman–Crippen MR) is 57.9 cm³/mol. The fraction of sp³-hybridized carbons (Fsp3) is 0.400. The molecule has 0 amide bonds. The van der Waals surface area contributed by atoms with Crippen LogP contribution < -0.4 is 5.32 Å². The Labute approximate surface area is 95.5 Å². The van der Waals surface area contributed by atoms with E-state index < -0.39 is 6.17 Å². The van der Waals surface area contributed by atoms with E-state index in [1.165, 1.54) is 0 Å². The SMILES string of the molecule is FC1CNC(c2nc(-c3cccs3)no2)C1. The Kier molecular flexibility index (Phi) is 2.45. The molecular weight excluding hydrogens is 229 g/mol. The second kappa shape index (κ2) is 3.95. The van der Waals surface area contributed by atoms with Crippen molar-refractivity contribution in [2.75, 3.05) is 6.54 Å².